The molecule has 0 atom stereocenters. The second-order valence-corrected chi connectivity index (χ2v) is 8.25. The third-order valence-corrected chi connectivity index (χ3v) is 6.14. The lowest BCUT2D eigenvalue weighted by atomic mass is 10.3. The maximum atomic E-state index is 12.6. The van der Waals surface area contributed by atoms with Crippen LogP contribution in [0, 0.1) is 6.92 Å². The van der Waals surface area contributed by atoms with E-state index in [-0.39, 0.29) is 5.91 Å². The fourth-order valence-corrected chi connectivity index (χ4v) is 4.22. The van der Waals surface area contributed by atoms with Crippen LogP contribution in [-0.4, -0.2) is 60.9 Å². The van der Waals surface area contributed by atoms with Gasteiger partial charge in [-0.3, -0.25) is 4.79 Å². The van der Waals surface area contributed by atoms with Crippen LogP contribution < -0.4 is 0 Å². The molecule has 0 aliphatic carbocycles. The lowest BCUT2D eigenvalue weighted by molar-refractivity contribution is 0.0768. The first kappa shape index (κ1) is 16.4. The molecule has 8 heteroatoms. The van der Waals surface area contributed by atoms with E-state index >= 15 is 0 Å². The maximum absolute atomic E-state index is 12.6. The van der Waals surface area contributed by atoms with Gasteiger partial charge in [-0.2, -0.15) is 0 Å². The summed E-state index contributed by atoms with van der Waals surface area (Å²) in [5, 5.41) is 0.962. The molecule has 0 unspecified atom stereocenters. The number of hydrogen-bond acceptors (Lipinski definition) is 5. The molecular weight excluding hydrogens is 310 g/mol. The van der Waals surface area contributed by atoms with Crippen molar-refractivity contribution in [1.29, 1.82) is 0 Å². The predicted molar refractivity (Wildman–Crippen MR) is 83.2 cm³/mol. The van der Waals surface area contributed by atoms with E-state index in [1.54, 1.807) is 4.90 Å². The summed E-state index contributed by atoms with van der Waals surface area (Å²) in [5.74, 6) is -0.0277. The first-order valence-corrected chi connectivity index (χ1v) is 9.70. The summed E-state index contributed by atoms with van der Waals surface area (Å²) in [5.41, 5.74) is 0.770. The van der Waals surface area contributed by atoms with Crippen LogP contribution in [0.5, 0.6) is 0 Å². The largest absolute Gasteiger partial charge is 0.337 e. The van der Waals surface area contributed by atoms with Crippen LogP contribution in [0.15, 0.2) is 0 Å². The average molecular weight is 331 g/mol. The van der Waals surface area contributed by atoms with E-state index in [9.17, 15) is 13.2 Å². The number of aryl methyl sites for hydroxylation is 2. The summed E-state index contributed by atoms with van der Waals surface area (Å²) in [7, 11) is -3.19. The van der Waals surface area contributed by atoms with E-state index in [2.05, 4.69) is 4.98 Å². The summed E-state index contributed by atoms with van der Waals surface area (Å²) in [6, 6.07) is 0. The Kier molecular flexibility index (Phi) is 5.00. The van der Waals surface area contributed by atoms with Gasteiger partial charge >= 0.3 is 0 Å². The Bertz CT molecular complexity index is 625. The van der Waals surface area contributed by atoms with Crippen molar-refractivity contribution in [2.45, 2.75) is 26.7 Å². The molecule has 0 N–H and O–H groups in total. The lowest BCUT2D eigenvalue weighted by Crippen LogP contribution is -2.36. The molecule has 1 amide bonds. The van der Waals surface area contributed by atoms with Crippen molar-refractivity contribution in [3.63, 3.8) is 0 Å². The van der Waals surface area contributed by atoms with Gasteiger partial charge < -0.3 is 4.90 Å². The highest BCUT2D eigenvalue weighted by molar-refractivity contribution is 7.88. The van der Waals surface area contributed by atoms with Gasteiger partial charge in [-0.15, -0.1) is 11.3 Å². The normalized spacial score (nSPS) is 17.8. The summed E-state index contributed by atoms with van der Waals surface area (Å²) in [6.45, 7) is 5.73. The average Bonchev–Trinajstić information content (AvgIpc) is 2.63. The Hall–Kier alpha value is -0.990. The standard InChI is InChI=1S/C13H21N3O3S2/c1-4-11-14-10(2)12(20-11)13(17)15-6-5-7-16(9-8-15)21(3,18)19/h4-9H2,1-3H3. The van der Waals surface area contributed by atoms with Crippen molar-refractivity contribution in [3.05, 3.63) is 15.6 Å². The number of amides is 1. The van der Waals surface area contributed by atoms with E-state index in [1.807, 2.05) is 13.8 Å². The van der Waals surface area contributed by atoms with Crippen molar-refractivity contribution >= 4 is 27.3 Å². The zero-order valence-corrected chi connectivity index (χ0v) is 14.3. The van der Waals surface area contributed by atoms with Gasteiger partial charge in [0, 0.05) is 26.2 Å². The van der Waals surface area contributed by atoms with E-state index in [0.29, 0.717) is 37.5 Å². The van der Waals surface area contributed by atoms with Gasteiger partial charge in [0.2, 0.25) is 10.0 Å². The fourth-order valence-electron chi connectivity index (χ4n) is 2.37. The molecule has 0 spiro atoms. The molecule has 21 heavy (non-hydrogen) atoms. The zero-order chi connectivity index (χ0) is 15.6. The Morgan fingerprint density at radius 2 is 2.00 bits per heavy atom. The van der Waals surface area contributed by atoms with E-state index in [4.69, 9.17) is 0 Å². The van der Waals surface area contributed by atoms with Crippen LogP contribution in [0.25, 0.3) is 0 Å². The molecule has 0 aromatic carbocycles. The summed E-state index contributed by atoms with van der Waals surface area (Å²) < 4.78 is 24.6. The number of carbonyl (C=O) groups is 1. The number of thiazole rings is 1. The van der Waals surface area contributed by atoms with Crippen LogP contribution in [-0.2, 0) is 16.4 Å². The monoisotopic (exact) mass is 331 g/mol. The predicted octanol–water partition coefficient (Wildman–Crippen LogP) is 1.12. The summed E-state index contributed by atoms with van der Waals surface area (Å²) in [4.78, 5) is 19.4. The number of aromatic nitrogens is 1. The van der Waals surface area contributed by atoms with E-state index in [1.165, 1.54) is 21.9 Å². The second-order valence-electron chi connectivity index (χ2n) is 5.18. The van der Waals surface area contributed by atoms with Crippen LogP contribution in [0.4, 0.5) is 0 Å². The number of carbonyl (C=O) groups excluding carboxylic acids is 1. The highest BCUT2D eigenvalue weighted by Crippen LogP contribution is 2.21. The Morgan fingerprint density at radius 1 is 1.29 bits per heavy atom. The Balaban J connectivity index is 2.11. The van der Waals surface area contributed by atoms with E-state index in [0.717, 1.165) is 17.1 Å². The Morgan fingerprint density at radius 3 is 2.57 bits per heavy atom. The molecule has 0 bridgehead atoms. The highest BCUT2D eigenvalue weighted by Gasteiger charge is 2.26. The zero-order valence-electron chi connectivity index (χ0n) is 12.6. The molecule has 6 nitrogen and oxygen atoms in total. The maximum Gasteiger partial charge on any atom is 0.265 e. The van der Waals surface area contributed by atoms with Crippen molar-refractivity contribution < 1.29 is 13.2 Å². The topological polar surface area (TPSA) is 70.6 Å². The summed E-state index contributed by atoms with van der Waals surface area (Å²) >= 11 is 1.44. The van der Waals surface area contributed by atoms with Crippen LogP contribution in [0.3, 0.4) is 0 Å². The van der Waals surface area contributed by atoms with Gasteiger partial charge in [0.1, 0.15) is 4.88 Å². The van der Waals surface area contributed by atoms with E-state index < -0.39 is 10.0 Å². The minimum absolute atomic E-state index is 0.0277. The van der Waals surface area contributed by atoms with Crippen molar-refractivity contribution in [3.8, 4) is 0 Å². The van der Waals surface area contributed by atoms with Gasteiger partial charge in [-0.05, 0) is 19.8 Å². The third-order valence-electron chi connectivity index (χ3n) is 3.55. The van der Waals surface area contributed by atoms with Crippen molar-refractivity contribution in [1.82, 2.24) is 14.2 Å². The fraction of sp³-hybridized carbons (Fsp3) is 0.692. The number of nitrogens with zero attached hydrogens (tertiary/aromatic N) is 3. The first-order chi connectivity index (χ1) is 9.82. The molecule has 0 radical (unpaired) electrons. The second kappa shape index (κ2) is 6.41. The molecule has 1 aliphatic rings. The number of rotatable bonds is 3. The molecule has 1 fully saturated rings. The SMILES string of the molecule is CCc1nc(C)c(C(=O)N2CCCN(S(C)(=O)=O)CC2)s1. The lowest BCUT2D eigenvalue weighted by Gasteiger charge is -2.20. The molecule has 1 aromatic rings. The van der Waals surface area contributed by atoms with Crippen molar-refractivity contribution in [2.24, 2.45) is 0 Å². The van der Waals surface area contributed by atoms with Crippen molar-refractivity contribution in [2.75, 3.05) is 32.4 Å². The molecular formula is C13H21N3O3S2. The minimum Gasteiger partial charge on any atom is -0.337 e. The molecule has 1 aliphatic heterocycles. The highest BCUT2D eigenvalue weighted by atomic mass is 32.2. The van der Waals surface area contributed by atoms with Crippen LogP contribution in [0.2, 0.25) is 0 Å². The van der Waals surface area contributed by atoms with Gasteiger partial charge in [-0.25, -0.2) is 17.7 Å². The smallest absolute Gasteiger partial charge is 0.265 e. The molecule has 0 saturated carbocycles. The van der Waals surface area contributed by atoms with Gasteiger partial charge in [0.15, 0.2) is 0 Å². The number of hydrogen-bond donors (Lipinski definition) is 0. The van der Waals surface area contributed by atoms with Gasteiger partial charge in [0.25, 0.3) is 5.91 Å². The van der Waals surface area contributed by atoms with Gasteiger partial charge in [0.05, 0.1) is 17.0 Å². The molecule has 2 heterocycles. The Labute approximate surface area is 129 Å². The molecule has 2 rings (SSSR count). The quantitative estimate of drug-likeness (QED) is 0.832. The third kappa shape index (κ3) is 3.81. The van der Waals surface area contributed by atoms with Gasteiger partial charge in [-0.1, -0.05) is 6.92 Å². The molecule has 1 saturated heterocycles. The molecule has 118 valence electrons. The first-order valence-electron chi connectivity index (χ1n) is 7.03. The molecule has 1 aromatic heterocycles. The van der Waals surface area contributed by atoms with Crippen LogP contribution in [0.1, 0.15) is 33.7 Å². The van der Waals surface area contributed by atoms with Crippen LogP contribution >= 0.6 is 11.3 Å². The minimum atomic E-state index is -3.19. The summed E-state index contributed by atoms with van der Waals surface area (Å²) in [6.07, 6.45) is 2.70. The number of sulfonamides is 1.